The summed E-state index contributed by atoms with van der Waals surface area (Å²) in [5.41, 5.74) is 5.54. The van der Waals surface area contributed by atoms with Gasteiger partial charge in [-0.1, -0.05) is 19.1 Å². The summed E-state index contributed by atoms with van der Waals surface area (Å²) in [6.07, 6.45) is 0. The second kappa shape index (κ2) is 9.03. The zero-order valence-corrected chi connectivity index (χ0v) is 10.7. The van der Waals surface area contributed by atoms with Crippen LogP contribution in [0.5, 0.6) is 0 Å². The number of nitrogens with zero attached hydrogens (tertiary/aromatic N) is 1. The van der Waals surface area contributed by atoms with E-state index in [1.807, 2.05) is 14.0 Å². The van der Waals surface area contributed by atoms with Crippen molar-refractivity contribution in [2.45, 2.75) is 6.92 Å². The van der Waals surface area contributed by atoms with Crippen LogP contribution in [-0.2, 0) is 9.47 Å². The second-order valence-corrected chi connectivity index (χ2v) is 4.14. The van der Waals surface area contributed by atoms with Gasteiger partial charge in [0.1, 0.15) is 0 Å². The molecule has 0 saturated carbocycles. The minimum Gasteiger partial charge on any atom is -0.393 e. The van der Waals surface area contributed by atoms with Crippen molar-refractivity contribution in [1.29, 1.82) is 0 Å². The van der Waals surface area contributed by atoms with Crippen LogP contribution in [-0.4, -0.2) is 57.0 Å². The van der Waals surface area contributed by atoms with Gasteiger partial charge in [0.25, 0.3) is 0 Å². The molecule has 0 aliphatic heterocycles. The Morgan fingerprint density at radius 2 is 2.07 bits per heavy atom. The highest BCUT2D eigenvalue weighted by atomic mass is 32.1. The lowest BCUT2D eigenvalue weighted by Crippen LogP contribution is -2.33. The molecule has 0 aliphatic carbocycles. The lowest BCUT2D eigenvalue weighted by Gasteiger charge is -2.20. The van der Waals surface area contributed by atoms with Crippen molar-refractivity contribution in [3.63, 3.8) is 0 Å². The Hall–Kier alpha value is -0.230. The number of rotatable bonds is 9. The largest absolute Gasteiger partial charge is 0.393 e. The van der Waals surface area contributed by atoms with E-state index in [1.165, 1.54) is 0 Å². The summed E-state index contributed by atoms with van der Waals surface area (Å²) < 4.78 is 10.2. The predicted molar refractivity (Wildman–Crippen MR) is 66.1 cm³/mol. The molecule has 0 radical (unpaired) electrons. The number of nitrogens with two attached hydrogens (primary N) is 1. The SMILES string of the molecule is COCCOCCN(C)CC(C)C(N)=S. The maximum Gasteiger partial charge on any atom is 0.0768 e. The molecule has 1 atom stereocenters. The van der Waals surface area contributed by atoms with Crippen molar-refractivity contribution in [1.82, 2.24) is 4.90 Å². The van der Waals surface area contributed by atoms with Crippen LogP contribution in [0.2, 0.25) is 0 Å². The van der Waals surface area contributed by atoms with Crippen molar-refractivity contribution >= 4 is 17.2 Å². The Bertz CT molecular complexity index is 179. The molecule has 0 spiro atoms. The van der Waals surface area contributed by atoms with E-state index in [9.17, 15) is 0 Å². The molecule has 2 N–H and O–H groups in total. The smallest absolute Gasteiger partial charge is 0.0768 e. The average Bonchev–Trinajstić information content (AvgIpc) is 2.17. The topological polar surface area (TPSA) is 47.7 Å². The molecule has 4 nitrogen and oxygen atoms in total. The molecule has 5 heteroatoms. The molecule has 0 heterocycles. The number of likely N-dealkylation sites (N-methyl/N-ethyl adjacent to an activating group) is 1. The maximum atomic E-state index is 5.54. The van der Waals surface area contributed by atoms with Crippen LogP contribution in [0.3, 0.4) is 0 Å². The third kappa shape index (κ3) is 8.74. The van der Waals surface area contributed by atoms with Gasteiger partial charge >= 0.3 is 0 Å². The zero-order chi connectivity index (χ0) is 11.7. The highest BCUT2D eigenvalue weighted by Gasteiger charge is 2.08. The molecular weight excluding hydrogens is 212 g/mol. The molecule has 0 saturated heterocycles. The third-order valence-electron chi connectivity index (χ3n) is 2.12. The van der Waals surface area contributed by atoms with Crippen molar-refractivity contribution < 1.29 is 9.47 Å². The number of methoxy groups -OCH3 is 1. The number of hydrogen-bond acceptors (Lipinski definition) is 4. The van der Waals surface area contributed by atoms with Gasteiger partial charge in [-0.3, -0.25) is 0 Å². The normalized spacial score (nSPS) is 13.1. The van der Waals surface area contributed by atoms with Gasteiger partial charge in [0.15, 0.2) is 0 Å². The van der Waals surface area contributed by atoms with Gasteiger partial charge in [-0.15, -0.1) is 0 Å². The first kappa shape index (κ1) is 14.8. The summed E-state index contributed by atoms with van der Waals surface area (Å²) in [6.45, 7) is 5.80. The maximum absolute atomic E-state index is 5.54. The van der Waals surface area contributed by atoms with E-state index in [-0.39, 0.29) is 5.92 Å². The Labute approximate surface area is 97.7 Å². The minimum absolute atomic E-state index is 0.254. The lowest BCUT2D eigenvalue weighted by molar-refractivity contribution is 0.0600. The Balaban J connectivity index is 3.40. The summed E-state index contributed by atoms with van der Waals surface area (Å²) in [5.74, 6) is 0.254. The highest BCUT2D eigenvalue weighted by Crippen LogP contribution is 1.98. The number of thiocarbonyl (C=S) groups is 1. The van der Waals surface area contributed by atoms with E-state index in [1.54, 1.807) is 7.11 Å². The highest BCUT2D eigenvalue weighted by molar-refractivity contribution is 7.80. The van der Waals surface area contributed by atoms with Gasteiger partial charge < -0.3 is 20.1 Å². The van der Waals surface area contributed by atoms with E-state index in [0.29, 0.717) is 24.8 Å². The van der Waals surface area contributed by atoms with E-state index in [2.05, 4.69) is 4.90 Å². The monoisotopic (exact) mass is 234 g/mol. The van der Waals surface area contributed by atoms with Crippen LogP contribution in [0, 0.1) is 5.92 Å². The molecule has 90 valence electrons. The van der Waals surface area contributed by atoms with Gasteiger partial charge in [0.2, 0.25) is 0 Å². The molecule has 1 unspecified atom stereocenters. The summed E-state index contributed by atoms with van der Waals surface area (Å²) in [7, 11) is 3.70. The third-order valence-corrected chi connectivity index (χ3v) is 2.52. The minimum atomic E-state index is 0.254. The van der Waals surface area contributed by atoms with Crippen LogP contribution in [0.15, 0.2) is 0 Å². The van der Waals surface area contributed by atoms with Gasteiger partial charge in [-0.25, -0.2) is 0 Å². The van der Waals surface area contributed by atoms with Gasteiger partial charge in [0.05, 0.1) is 24.8 Å². The van der Waals surface area contributed by atoms with Crippen LogP contribution >= 0.6 is 12.2 Å². The first-order chi connectivity index (χ1) is 7.07. The predicted octanol–water partition coefficient (Wildman–Crippen LogP) is 0.503. The Morgan fingerprint density at radius 1 is 1.40 bits per heavy atom. The fraction of sp³-hybridized carbons (Fsp3) is 0.900. The molecule has 15 heavy (non-hydrogen) atoms. The zero-order valence-electron chi connectivity index (χ0n) is 9.86. The molecule has 0 aromatic heterocycles. The van der Waals surface area contributed by atoms with Crippen molar-refractivity contribution in [3.8, 4) is 0 Å². The second-order valence-electron chi connectivity index (χ2n) is 3.67. The number of hydrogen-bond donors (Lipinski definition) is 1. The van der Waals surface area contributed by atoms with Gasteiger partial charge in [-0.05, 0) is 7.05 Å². The lowest BCUT2D eigenvalue weighted by atomic mass is 10.2. The van der Waals surface area contributed by atoms with Crippen LogP contribution in [0.1, 0.15) is 6.92 Å². The molecule has 0 bridgehead atoms. The van der Waals surface area contributed by atoms with E-state index in [0.717, 1.165) is 13.1 Å². The van der Waals surface area contributed by atoms with E-state index < -0.39 is 0 Å². The summed E-state index contributed by atoms with van der Waals surface area (Å²) >= 11 is 4.91. The Kier molecular flexibility index (Phi) is 8.89. The summed E-state index contributed by atoms with van der Waals surface area (Å²) in [5, 5.41) is 0. The molecule has 0 fully saturated rings. The van der Waals surface area contributed by atoms with Crippen molar-refractivity contribution in [3.05, 3.63) is 0 Å². The van der Waals surface area contributed by atoms with Crippen LogP contribution in [0.4, 0.5) is 0 Å². The van der Waals surface area contributed by atoms with Crippen LogP contribution in [0.25, 0.3) is 0 Å². The first-order valence-corrected chi connectivity index (χ1v) is 5.53. The quantitative estimate of drug-likeness (QED) is 0.465. The molecule has 0 aromatic rings. The number of ether oxygens (including phenoxy) is 2. The summed E-state index contributed by atoms with van der Waals surface area (Å²) in [4.78, 5) is 2.73. The van der Waals surface area contributed by atoms with Crippen molar-refractivity contribution in [2.75, 3.05) is 47.1 Å². The average molecular weight is 234 g/mol. The molecule has 0 rings (SSSR count). The van der Waals surface area contributed by atoms with Crippen molar-refractivity contribution in [2.24, 2.45) is 11.7 Å². The molecule has 0 amide bonds. The molecule has 0 aliphatic rings. The van der Waals surface area contributed by atoms with Gasteiger partial charge in [0, 0.05) is 26.1 Å². The molecule has 0 aromatic carbocycles. The fourth-order valence-electron chi connectivity index (χ4n) is 1.11. The van der Waals surface area contributed by atoms with Crippen LogP contribution < -0.4 is 5.73 Å². The fourth-order valence-corrected chi connectivity index (χ4v) is 1.19. The van der Waals surface area contributed by atoms with E-state index >= 15 is 0 Å². The van der Waals surface area contributed by atoms with E-state index in [4.69, 9.17) is 27.4 Å². The first-order valence-electron chi connectivity index (χ1n) is 5.12. The Morgan fingerprint density at radius 3 is 2.60 bits per heavy atom. The standard InChI is InChI=1S/C10H22N2O2S/c1-9(10(11)15)8-12(2)4-5-14-7-6-13-3/h9H,4-8H2,1-3H3,(H2,11,15). The van der Waals surface area contributed by atoms with Gasteiger partial charge in [-0.2, -0.15) is 0 Å². The summed E-state index contributed by atoms with van der Waals surface area (Å²) in [6, 6.07) is 0. The molecular formula is C10H22N2O2S.